The number of aryl methyl sites for hydroxylation is 1. The zero-order chi connectivity index (χ0) is 26.2. The minimum atomic E-state index is -1.54. The van der Waals surface area contributed by atoms with Crippen molar-refractivity contribution in [2.24, 2.45) is 15.9 Å². The van der Waals surface area contributed by atoms with E-state index in [1.165, 1.54) is 19.1 Å². The average Bonchev–Trinajstić information content (AvgIpc) is 2.76. The van der Waals surface area contributed by atoms with Gasteiger partial charge in [0.05, 0.1) is 11.5 Å². The second-order valence-electron chi connectivity index (χ2n) is 8.68. The van der Waals surface area contributed by atoms with Crippen LogP contribution < -0.4 is 11.5 Å². The minimum Gasteiger partial charge on any atom is -0.513 e. The second-order valence-corrected chi connectivity index (χ2v) is 9.89. The molecule has 9 heteroatoms. The van der Waals surface area contributed by atoms with Crippen molar-refractivity contribution in [3.63, 3.8) is 0 Å². The molecule has 0 bridgehead atoms. The number of aliphatic hydroxyl groups is 2. The molecule has 2 aromatic carbocycles. The summed E-state index contributed by atoms with van der Waals surface area (Å²) in [4.78, 5) is 0. The summed E-state index contributed by atoms with van der Waals surface area (Å²) in [5.41, 5.74) is 12.9. The van der Waals surface area contributed by atoms with Crippen LogP contribution in [0.25, 0.3) is 5.57 Å². The van der Waals surface area contributed by atoms with E-state index in [0.29, 0.717) is 12.1 Å². The van der Waals surface area contributed by atoms with Crippen molar-refractivity contribution in [1.82, 2.24) is 0 Å². The predicted octanol–water partition coefficient (Wildman–Crippen LogP) is 4.98. The van der Waals surface area contributed by atoms with E-state index in [9.17, 15) is 18.8 Å². The summed E-state index contributed by atoms with van der Waals surface area (Å²) in [5.74, 6) is 0.0644. The van der Waals surface area contributed by atoms with E-state index in [-0.39, 0.29) is 23.4 Å². The third kappa shape index (κ3) is 7.93. The van der Waals surface area contributed by atoms with Crippen LogP contribution in [0.3, 0.4) is 0 Å². The molecule has 1 heterocycles. The van der Waals surface area contributed by atoms with E-state index in [4.69, 9.17) is 16.2 Å². The minimum absolute atomic E-state index is 0.0733. The highest BCUT2D eigenvalue weighted by molar-refractivity contribution is 7.84. The molecule has 3 rings (SSSR count). The number of allylic oxidation sites excluding steroid dienone is 4. The highest BCUT2D eigenvalue weighted by Crippen LogP contribution is 2.38. The molecule has 0 spiro atoms. The maximum absolute atomic E-state index is 12.9. The normalized spacial score (nSPS) is 20.1. The molecule has 0 amide bonds. The number of nitrogens with zero attached hydrogens (tertiary/aromatic N) is 1. The van der Waals surface area contributed by atoms with Gasteiger partial charge in [-0.3, -0.25) is 0 Å². The van der Waals surface area contributed by atoms with Gasteiger partial charge in [0.25, 0.3) is 6.02 Å². The summed E-state index contributed by atoms with van der Waals surface area (Å²) < 4.78 is 34.6. The van der Waals surface area contributed by atoms with E-state index >= 15 is 0 Å². The molecule has 35 heavy (non-hydrogen) atoms. The monoisotopic (exact) mass is 503 g/mol. The fraction of sp³-hybridized carbons (Fsp3) is 0.346. The van der Waals surface area contributed by atoms with E-state index < -0.39 is 21.8 Å². The summed E-state index contributed by atoms with van der Waals surface area (Å²) in [6, 6.07) is 13.9. The van der Waals surface area contributed by atoms with Crippen molar-refractivity contribution in [1.29, 1.82) is 0 Å². The molecule has 2 atom stereocenters. The molecular weight excluding hydrogens is 469 g/mol. The van der Waals surface area contributed by atoms with E-state index in [1.54, 1.807) is 31.2 Å². The molecule has 0 aliphatic carbocycles. The predicted molar refractivity (Wildman–Crippen MR) is 139 cm³/mol. The summed E-state index contributed by atoms with van der Waals surface area (Å²) in [7, 11) is -1.54. The molecule has 0 radical (unpaired) electrons. The van der Waals surface area contributed by atoms with E-state index in [0.717, 1.165) is 29.5 Å². The fourth-order valence-corrected chi connectivity index (χ4v) is 4.92. The lowest BCUT2D eigenvalue weighted by Crippen LogP contribution is -2.43. The molecule has 0 fully saturated rings. The Labute approximate surface area is 208 Å². The Bertz CT molecular complexity index is 1120. The maximum Gasteiger partial charge on any atom is 0.296 e. The zero-order valence-corrected chi connectivity index (χ0v) is 21.3. The molecule has 0 aromatic heterocycles. The standard InChI is InChI=1S/C17H22N2O4S.C9H12FN/c1-10(20)9-14(11(2)21)12-5-7-13(8-6-12)15-17(3,4)23-16(18)19-24(15)22;10-9-6-2-1-4-8(9)5-3-7-11/h5-9,15,20-21H,1-4H3,(H2,18,19);1-2,4,6H,3,5,7,11H2/b10-9+,14-11-;. The molecule has 0 saturated carbocycles. The Hall–Kier alpha value is -3.17. The van der Waals surface area contributed by atoms with E-state index in [1.807, 2.05) is 32.0 Å². The highest BCUT2D eigenvalue weighted by Gasteiger charge is 2.41. The molecule has 190 valence electrons. The number of benzene rings is 2. The van der Waals surface area contributed by atoms with Crippen molar-refractivity contribution in [2.45, 2.75) is 51.4 Å². The number of ether oxygens (including phenoxy) is 1. The van der Waals surface area contributed by atoms with Gasteiger partial charge in [0.1, 0.15) is 16.7 Å². The van der Waals surface area contributed by atoms with Gasteiger partial charge in [0.2, 0.25) is 0 Å². The van der Waals surface area contributed by atoms with Crippen molar-refractivity contribution in [2.75, 3.05) is 6.54 Å². The second kappa shape index (κ2) is 12.5. The van der Waals surface area contributed by atoms with Gasteiger partial charge in [0.15, 0.2) is 11.0 Å². The molecule has 2 aromatic rings. The molecule has 1 aliphatic heterocycles. The van der Waals surface area contributed by atoms with Gasteiger partial charge in [-0.25, -0.2) is 8.60 Å². The largest absolute Gasteiger partial charge is 0.513 e. The first-order valence-electron chi connectivity index (χ1n) is 11.2. The molecule has 0 saturated heterocycles. The molecule has 1 aliphatic rings. The maximum atomic E-state index is 12.9. The van der Waals surface area contributed by atoms with Crippen LogP contribution >= 0.6 is 0 Å². The Morgan fingerprint density at radius 1 is 1.17 bits per heavy atom. The molecule has 6 N–H and O–H groups in total. The SMILES string of the molecule is C/C(O)=C(\C=C(/C)O)c1ccc(C2S(=O)N=C(N)OC2(C)C)cc1.NCCCc1ccccc1F. The lowest BCUT2D eigenvalue weighted by atomic mass is 9.95. The Morgan fingerprint density at radius 3 is 2.31 bits per heavy atom. The first kappa shape index (κ1) is 28.1. The topological polar surface area (TPSA) is 131 Å². The van der Waals surface area contributed by atoms with Gasteiger partial charge < -0.3 is 26.4 Å². The summed E-state index contributed by atoms with van der Waals surface area (Å²) in [6.07, 6.45) is 3.07. The first-order chi connectivity index (χ1) is 16.5. The van der Waals surface area contributed by atoms with Crippen LogP contribution in [0.2, 0.25) is 0 Å². The fourth-order valence-electron chi connectivity index (χ4n) is 3.68. The number of hydrogen-bond acceptors (Lipinski definition) is 6. The van der Waals surface area contributed by atoms with Crippen LogP contribution in [-0.4, -0.2) is 32.6 Å². The number of aliphatic hydroxyl groups excluding tert-OH is 2. The number of hydrogen-bond donors (Lipinski definition) is 4. The quantitative estimate of drug-likeness (QED) is 0.325. The van der Waals surface area contributed by atoms with Gasteiger partial charge >= 0.3 is 0 Å². The van der Waals surface area contributed by atoms with E-state index in [2.05, 4.69) is 4.40 Å². The van der Waals surface area contributed by atoms with Gasteiger partial charge in [-0.15, -0.1) is 4.40 Å². The van der Waals surface area contributed by atoms with Crippen LogP contribution in [-0.2, 0) is 22.1 Å². The van der Waals surface area contributed by atoms with Crippen LogP contribution in [0.15, 0.2) is 70.5 Å². The number of halogens is 1. The zero-order valence-electron chi connectivity index (χ0n) is 20.5. The summed E-state index contributed by atoms with van der Waals surface area (Å²) in [6.45, 7) is 7.32. The van der Waals surface area contributed by atoms with Crippen molar-refractivity contribution in [3.8, 4) is 0 Å². The Morgan fingerprint density at radius 2 is 1.80 bits per heavy atom. The summed E-state index contributed by atoms with van der Waals surface area (Å²) >= 11 is 0. The molecule has 2 unspecified atom stereocenters. The van der Waals surface area contributed by atoms with Gasteiger partial charge in [-0.1, -0.05) is 42.5 Å². The molecular formula is C26H34FN3O4S. The average molecular weight is 504 g/mol. The van der Waals surface area contributed by atoms with Crippen LogP contribution in [0.5, 0.6) is 0 Å². The van der Waals surface area contributed by atoms with Crippen LogP contribution in [0.4, 0.5) is 4.39 Å². The van der Waals surface area contributed by atoms with Gasteiger partial charge in [-0.05, 0) is 75.9 Å². The smallest absolute Gasteiger partial charge is 0.296 e. The number of rotatable bonds is 6. The number of nitrogens with two attached hydrogens (primary N) is 2. The third-order valence-corrected chi connectivity index (χ3v) is 6.86. The lowest BCUT2D eigenvalue weighted by Gasteiger charge is -2.35. The van der Waals surface area contributed by atoms with Crippen molar-refractivity contribution < 1.29 is 23.5 Å². The van der Waals surface area contributed by atoms with Gasteiger partial charge in [0, 0.05) is 5.57 Å². The first-order valence-corrected chi connectivity index (χ1v) is 12.4. The molecule has 7 nitrogen and oxygen atoms in total. The summed E-state index contributed by atoms with van der Waals surface area (Å²) in [5, 5.41) is 18.8. The third-order valence-electron chi connectivity index (χ3n) is 5.26. The Balaban J connectivity index is 0.000000328. The van der Waals surface area contributed by atoms with Gasteiger partial charge in [-0.2, -0.15) is 0 Å². The van der Waals surface area contributed by atoms with Crippen LogP contribution in [0.1, 0.15) is 56.1 Å². The van der Waals surface area contributed by atoms with Crippen molar-refractivity contribution in [3.05, 3.63) is 88.6 Å². The lowest BCUT2D eigenvalue weighted by molar-refractivity contribution is 0.0848. The number of amidine groups is 1. The van der Waals surface area contributed by atoms with Crippen molar-refractivity contribution >= 4 is 22.6 Å². The Kier molecular flexibility index (Phi) is 10.0. The highest BCUT2D eigenvalue weighted by atomic mass is 32.2. The van der Waals surface area contributed by atoms with Crippen LogP contribution in [0, 0.1) is 5.82 Å².